The van der Waals surface area contributed by atoms with Gasteiger partial charge in [-0.05, 0) is 37.5 Å². The fraction of sp³-hybridized carbons (Fsp3) is 0.948. The highest BCUT2D eigenvalue weighted by atomic mass is 31.2. The van der Waals surface area contributed by atoms with E-state index in [0.29, 0.717) is 25.7 Å². The molecule has 0 aliphatic rings. The Balaban J connectivity index is 5.24. The first-order chi connectivity index (χ1) is 46.4. The minimum absolute atomic E-state index is 0.104. The lowest BCUT2D eigenvalue weighted by Crippen LogP contribution is -2.30. The molecule has 570 valence electrons. The van der Waals surface area contributed by atoms with Crippen molar-refractivity contribution in [2.24, 2.45) is 11.8 Å². The first kappa shape index (κ1) is 94.1. The molecule has 0 amide bonds. The molecule has 96 heavy (non-hydrogen) atoms. The predicted molar refractivity (Wildman–Crippen MR) is 391 cm³/mol. The van der Waals surface area contributed by atoms with Crippen molar-refractivity contribution in [2.45, 2.75) is 419 Å². The zero-order valence-corrected chi connectivity index (χ0v) is 64.5. The summed E-state index contributed by atoms with van der Waals surface area (Å²) in [6.45, 7) is 9.56. The maximum Gasteiger partial charge on any atom is 0.472 e. The zero-order valence-electron chi connectivity index (χ0n) is 62.7. The number of phosphoric ester groups is 2. The van der Waals surface area contributed by atoms with Crippen molar-refractivity contribution in [3.8, 4) is 0 Å². The molecule has 0 fully saturated rings. The number of hydrogen-bond acceptors (Lipinski definition) is 15. The van der Waals surface area contributed by atoms with Crippen LogP contribution in [0.1, 0.15) is 401 Å². The maximum absolute atomic E-state index is 13.1. The van der Waals surface area contributed by atoms with Gasteiger partial charge in [-0.2, -0.15) is 0 Å². The lowest BCUT2D eigenvalue weighted by atomic mass is 9.99. The second-order valence-electron chi connectivity index (χ2n) is 28.2. The van der Waals surface area contributed by atoms with Crippen LogP contribution in [-0.4, -0.2) is 96.7 Å². The summed E-state index contributed by atoms with van der Waals surface area (Å²) < 4.78 is 68.6. The fourth-order valence-electron chi connectivity index (χ4n) is 11.8. The van der Waals surface area contributed by atoms with Crippen molar-refractivity contribution in [3.05, 3.63) is 0 Å². The van der Waals surface area contributed by atoms with E-state index in [1.807, 2.05) is 0 Å². The second kappa shape index (κ2) is 68.8. The molecule has 0 aromatic rings. The van der Waals surface area contributed by atoms with Crippen LogP contribution in [0.2, 0.25) is 0 Å². The van der Waals surface area contributed by atoms with Crippen molar-refractivity contribution in [2.75, 3.05) is 39.6 Å². The van der Waals surface area contributed by atoms with Crippen molar-refractivity contribution >= 4 is 39.5 Å². The molecule has 4 unspecified atom stereocenters. The molecule has 0 aliphatic carbocycles. The van der Waals surface area contributed by atoms with Crippen LogP contribution in [0.3, 0.4) is 0 Å². The Morgan fingerprint density at radius 3 is 0.740 bits per heavy atom. The normalized spacial score (nSPS) is 14.6. The van der Waals surface area contributed by atoms with Crippen molar-refractivity contribution in [3.63, 3.8) is 0 Å². The number of rotatable bonds is 76. The lowest BCUT2D eigenvalue weighted by molar-refractivity contribution is -0.161. The molecule has 0 saturated heterocycles. The standard InChI is InChI=1S/C77H150O17P2/c1-7-11-13-15-17-19-21-23-25-26-27-28-30-32-34-36-41-49-55-61-76(81)93-72(65-87-74(79)59-53-47-40-35-33-31-29-24-22-20-18-16-14-12-8-2)67-91-95(83,84)89-63-71(78)64-90-96(85,86)92-68-73(66-88-75(80)60-54-48-44-43-46-52-58-70(6)10-4)94-77(82)62-56-50-42-38-37-39-45-51-57-69(5)9-3/h69-73,78H,7-68H2,1-6H3,(H,83,84)(H,85,86)/t69?,70?,71-,72-,73-/m1/s1. The van der Waals surface area contributed by atoms with E-state index < -0.39 is 97.5 Å². The summed E-state index contributed by atoms with van der Waals surface area (Å²) in [6, 6.07) is 0. The van der Waals surface area contributed by atoms with Crippen LogP contribution < -0.4 is 0 Å². The molecular formula is C77H150O17P2. The van der Waals surface area contributed by atoms with E-state index in [-0.39, 0.29) is 25.7 Å². The summed E-state index contributed by atoms with van der Waals surface area (Å²) in [7, 11) is -9.91. The molecule has 0 spiro atoms. The number of hydrogen-bond donors (Lipinski definition) is 3. The number of carbonyl (C=O) groups excluding carboxylic acids is 4. The number of aliphatic hydroxyl groups is 1. The van der Waals surface area contributed by atoms with Crippen LogP contribution in [0.4, 0.5) is 0 Å². The highest BCUT2D eigenvalue weighted by Gasteiger charge is 2.30. The lowest BCUT2D eigenvalue weighted by Gasteiger charge is -2.21. The van der Waals surface area contributed by atoms with Gasteiger partial charge in [-0.3, -0.25) is 37.3 Å². The average Bonchev–Trinajstić information content (AvgIpc) is 1.64. The van der Waals surface area contributed by atoms with Crippen LogP contribution in [0.25, 0.3) is 0 Å². The van der Waals surface area contributed by atoms with Gasteiger partial charge in [0.1, 0.15) is 19.3 Å². The Morgan fingerprint density at radius 1 is 0.292 bits per heavy atom. The molecule has 0 heterocycles. The SMILES string of the molecule is CCCCCCCCCCCCCCCCCCCCCC(=O)O[C@H](COC(=O)CCCCCCCCCCCCCCCCC)COP(=O)(O)OC[C@@H](O)COP(=O)(O)OC[C@@H](COC(=O)CCCCCCCCC(C)CC)OC(=O)CCCCCCCCCCC(C)CC. The highest BCUT2D eigenvalue weighted by Crippen LogP contribution is 2.45. The largest absolute Gasteiger partial charge is 0.472 e. The third-order valence-electron chi connectivity index (χ3n) is 18.7. The molecule has 0 radical (unpaired) electrons. The molecule has 19 heteroatoms. The maximum atomic E-state index is 13.1. The van der Waals surface area contributed by atoms with E-state index in [1.54, 1.807) is 0 Å². The number of ether oxygens (including phenoxy) is 4. The molecule has 0 aromatic carbocycles. The third kappa shape index (κ3) is 67.9. The van der Waals surface area contributed by atoms with Gasteiger partial charge in [0.05, 0.1) is 26.4 Å². The first-order valence-corrected chi connectivity index (χ1v) is 43.1. The van der Waals surface area contributed by atoms with Crippen LogP contribution in [0.5, 0.6) is 0 Å². The molecular weight excluding hydrogens is 1260 g/mol. The Kier molecular flexibility index (Phi) is 67.4. The van der Waals surface area contributed by atoms with Crippen LogP contribution >= 0.6 is 15.6 Å². The smallest absolute Gasteiger partial charge is 0.462 e. The summed E-state index contributed by atoms with van der Waals surface area (Å²) in [5, 5.41) is 10.6. The van der Waals surface area contributed by atoms with E-state index >= 15 is 0 Å². The number of phosphoric acid groups is 2. The second-order valence-corrected chi connectivity index (χ2v) is 31.1. The first-order valence-electron chi connectivity index (χ1n) is 40.1. The van der Waals surface area contributed by atoms with Crippen molar-refractivity contribution in [1.29, 1.82) is 0 Å². The molecule has 17 nitrogen and oxygen atoms in total. The zero-order chi connectivity index (χ0) is 70.7. The molecule has 0 aliphatic heterocycles. The van der Waals surface area contributed by atoms with E-state index in [9.17, 15) is 43.2 Å². The van der Waals surface area contributed by atoms with Gasteiger partial charge in [-0.1, -0.05) is 350 Å². The topological polar surface area (TPSA) is 237 Å². The van der Waals surface area contributed by atoms with Gasteiger partial charge in [0, 0.05) is 25.7 Å². The summed E-state index contributed by atoms with van der Waals surface area (Å²) in [6.07, 6.45) is 56.9. The van der Waals surface area contributed by atoms with Crippen LogP contribution in [0, 0.1) is 11.8 Å². The van der Waals surface area contributed by atoms with Crippen molar-refractivity contribution < 1.29 is 80.2 Å². The van der Waals surface area contributed by atoms with Gasteiger partial charge >= 0.3 is 39.5 Å². The molecule has 0 bridgehead atoms. The van der Waals surface area contributed by atoms with E-state index in [1.165, 1.54) is 212 Å². The number of aliphatic hydroxyl groups excluding tert-OH is 1. The van der Waals surface area contributed by atoms with E-state index in [2.05, 4.69) is 41.5 Å². The molecule has 3 N–H and O–H groups in total. The minimum atomic E-state index is -4.96. The quantitative estimate of drug-likeness (QED) is 0.0222. The molecule has 7 atom stereocenters. The summed E-state index contributed by atoms with van der Waals surface area (Å²) in [5.41, 5.74) is 0. The minimum Gasteiger partial charge on any atom is -0.462 e. The predicted octanol–water partition coefficient (Wildman–Crippen LogP) is 22.7. The highest BCUT2D eigenvalue weighted by molar-refractivity contribution is 7.47. The average molecular weight is 1410 g/mol. The molecule has 0 aromatic heterocycles. The van der Waals surface area contributed by atoms with Crippen LogP contribution in [0.15, 0.2) is 0 Å². The van der Waals surface area contributed by atoms with Gasteiger partial charge in [0.2, 0.25) is 0 Å². The monoisotopic (exact) mass is 1410 g/mol. The number of unbranched alkanes of at least 4 members (excludes halogenated alkanes) is 44. The third-order valence-corrected chi connectivity index (χ3v) is 20.6. The number of esters is 4. The molecule has 0 rings (SSSR count). The Morgan fingerprint density at radius 2 is 0.500 bits per heavy atom. The fourth-order valence-corrected chi connectivity index (χ4v) is 13.3. The Labute approximate surface area is 588 Å². The van der Waals surface area contributed by atoms with Gasteiger partial charge in [0.25, 0.3) is 0 Å². The van der Waals surface area contributed by atoms with E-state index in [4.69, 9.17) is 37.0 Å². The van der Waals surface area contributed by atoms with E-state index in [0.717, 1.165) is 108 Å². The van der Waals surface area contributed by atoms with Crippen molar-refractivity contribution in [1.82, 2.24) is 0 Å². The summed E-state index contributed by atoms with van der Waals surface area (Å²) >= 11 is 0. The van der Waals surface area contributed by atoms with Gasteiger partial charge in [-0.25, -0.2) is 9.13 Å². The summed E-state index contributed by atoms with van der Waals surface area (Å²) in [4.78, 5) is 72.8. The van der Waals surface area contributed by atoms with Gasteiger partial charge in [-0.15, -0.1) is 0 Å². The number of carbonyl (C=O) groups is 4. The summed E-state index contributed by atoms with van der Waals surface area (Å²) in [5.74, 6) is -0.616. The molecule has 0 saturated carbocycles. The Bertz CT molecular complexity index is 1860. The van der Waals surface area contributed by atoms with Gasteiger partial charge in [0.15, 0.2) is 12.2 Å². The van der Waals surface area contributed by atoms with Gasteiger partial charge < -0.3 is 33.8 Å². The van der Waals surface area contributed by atoms with Crippen LogP contribution in [-0.2, 0) is 65.4 Å². The Hall–Kier alpha value is -1.94.